The summed E-state index contributed by atoms with van der Waals surface area (Å²) in [7, 11) is 0. The number of carbonyl (C=O) groups is 2. The molecule has 8 aliphatic rings. The van der Waals surface area contributed by atoms with Gasteiger partial charge in [0.15, 0.2) is 25.0 Å². The number of rotatable bonds is 11. The van der Waals surface area contributed by atoms with Crippen molar-refractivity contribution < 1.29 is 104 Å². The number of allylic oxidation sites excluding steroid dienone is 2. The maximum Gasteiger partial charge on any atom is 0.335 e. The Morgan fingerprint density at radius 1 is 0.689 bits per heavy atom. The van der Waals surface area contributed by atoms with Gasteiger partial charge in [0.25, 0.3) is 0 Å². The van der Waals surface area contributed by atoms with Gasteiger partial charge in [0, 0.05) is 11.5 Å². The molecule has 8 rings (SSSR count). The van der Waals surface area contributed by atoms with Crippen LogP contribution in [0.1, 0.15) is 114 Å². The quantitative estimate of drug-likeness (QED) is 0.0568. The van der Waals surface area contributed by atoms with E-state index in [1.165, 1.54) is 13.0 Å². The van der Waals surface area contributed by atoms with Crippen molar-refractivity contribution in [1.82, 2.24) is 0 Å². The number of aliphatic hydroxyl groups is 11. The van der Waals surface area contributed by atoms with E-state index in [4.69, 9.17) is 33.2 Å². The monoisotopic (exact) mass is 1060 g/mol. The number of carboxylic acids is 1. The second kappa shape index (κ2) is 20.4. The Morgan fingerprint density at radius 3 is 1.92 bits per heavy atom. The van der Waals surface area contributed by atoms with Crippen LogP contribution < -0.4 is 0 Å². The third kappa shape index (κ3) is 9.06. The summed E-state index contributed by atoms with van der Waals surface area (Å²) in [4.78, 5) is 26.3. The molecule has 74 heavy (non-hydrogen) atoms. The maximum absolute atomic E-state index is 13.3. The van der Waals surface area contributed by atoms with Crippen LogP contribution in [0.4, 0.5) is 0 Å². The average Bonchev–Trinajstić information content (AvgIpc) is 3.31. The Labute approximate surface area is 432 Å². The summed E-state index contributed by atoms with van der Waals surface area (Å²) in [5.41, 5.74) is -2.77. The number of hydrogen-bond donors (Lipinski definition) is 12. The molecule has 21 nitrogen and oxygen atoms in total. The van der Waals surface area contributed by atoms with Crippen LogP contribution in [-0.4, -0.2) is 203 Å². The Morgan fingerprint density at radius 2 is 1.31 bits per heavy atom. The molecule has 0 radical (unpaired) electrons. The fourth-order valence-electron chi connectivity index (χ4n) is 15.9. The van der Waals surface area contributed by atoms with Crippen molar-refractivity contribution in [3.63, 3.8) is 0 Å². The van der Waals surface area contributed by atoms with E-state index < -0.39 is 175 Å². The summed E-state index contributed by atoms with van der Waals surface area (Å²) in [6, 6.07) is 0. The molecule has 0 aromatic carbocycles. The lowest BCUT2D eigenvalue weighted by Crippen LogP contribution is -2.74. The molecule has 0 spiro atoms. The fourth-order valence-corrected chi connectivity index (χ4v) is 15.9. The maximum atomic E-state index is 13.3. The SMILES string of the molecule is CC(C)=CC(=O)O[C@@H]1CC(C)(C)C[C@@H]2C3=CC[C@@H]4[C@]5(C)CC[C@@H](O[C@H]6O[C@@H](C(=O)O)[C@H](O[C@H]7O[C@@H](C)[C@H](O)[C@@H](O)[C@@H]7O)[C@@H](O)[C@@H]6O[C@H]6O[C@@H](CO)[C@H](O)[C@@H](O)[C@@H]6O)C(C)(C)[C@H]5CC[C@]4(C)[C@]3(C)[C@@H](O)[C@H](O)[C@@]21CO. The van der Waals surface area contributed by atoms with Crippen LogP contribution in [0.15, 0.2) is 23.3 Å². The molecule has 0 unspecified atom stereocenters. The molecule has 21 heteroatoms. The molecule has 0 aromatic rings. The molecule has 7 fully saturated rings. The summed E-state index contributed by atoms with van der Waals surface area (Å²) >= 11 is 0. The first kappa shape index (κ1) is 57.9. The van der Waals surface area contributed by atoms with Crippen LogP contribution in [0.3, 0.4) is 0 Å². The highest BCUT2D eigenvalue weighted by Gasteiger charge is 2.75. The lowest BCUT2D eigenvalue weighted by Gasteiger charge is -2.73. The van der Waals surface area contributed by atoms with Crippen LogP contribution in [0.2, 0.25) is 0 Å². The van der Waals surface area contributed by atoms with E-state index in [2.05, 4.69) is 33.8 Å². The summed E-state index contributed by atoms with van der Waals surface area (Å²) in [6.07, 6.45) is -23.7. The fraction of sp³-hybridized carbons (Fsp3) is 0.887. The number of aliphatic hydroxyl groups excluding tert-OH is 11. The molecule has 0 amide bonds. The lowest BCUT2D eigenvalue weighted by atomic mass is 9.32. The first-order chi connectivity index (χ1) is 34.4. The highest BCUT2D eigenvalue weighted by atomic mass is 16.8. The van der Waals surface area contributed by atoms with Gasteiger partial charge in [0.1, 0.15) is 67.1 Å². The smallest absolute Gasteiger partial charge is 0.335 e. The number of hydrogen-bond acceptors (Lipinski definition) is 20. The van der Waals surface area contributed by atoms with Crippen molar-refractivity contribution >= 4 is 11.9 Å². The third-order valence-corrected chi connectivity index (χ3v) is 20.1. The number of ether oxygens (including phenoxy) is 7. The zero-order valence-corrected chi connectivity index (χ0v) is 44.3. The standard InChI is InChI=1S/C53H84O21/c1-22(2)17-31(56)70-30-19-48(4,5)18-25-24-11-12-28-50(8)15-14-29(49(6,7)27(50)13-16-51(28,9)52(24,10)42(64)43(65)53(25,30)21-55)71-47-40(73-46-37(62)35(60)33(58)26(20-54)69-46)38(63)39(41(74-47)44(66)67)72-45-36(61)34(59)32(57)23(3)68-45/h11,17,23,25-30,32-43,45-47,54-55,57-65H,12-16,18-21H2,1-10H3,(H,66,67)/t23-,25+,26-,27+,28+,29+,30+,32-,33-,34+,35+,36-,37-,38+,39+,40-,41+,42-,43-,45+,46+,47-,50+,51-,52-,53-/m0/s1. The molecular weight excluding hydrogens is 973 g/mol. The summed E-state index contributed by atoms with van der Waals surface area (Å²) in [5.74, 6) is -2.77. The van der Waals surface area contributed by atoms with Gasteiger partial charge in [-0.15, -0.1) is 0 Å². The van der Waals surface area contributed by atoms with Crippen molar-refractivity contribution in [3.05, 3.63) is 23.3 Å². The van der Waals surface area contributed by atoms with Crippen molar-refractivity contribution in [3.8, 4) is 0 Å². The van der Waals surface area contributed by atoms with Gasteiger partial charge < -0.3 is 94.4 Å². The molecule has 26 atom stereocenters. The molecule has 4 saturated carbocycles. The number of carboxylic acid groups (broad SMARTS) is 1. The minimum atomic E-state index is -2.05. The van der Waals surface area contributed by atoms with Crippen LogP contribution in [0.25, 0.3) is 0 Å². The highest BCUT2D eigenvalue weighted by Crippen LogP contribution is 2.76. The topological polar surface area (TPSA) is 342 Å². The van der Waals surface area contributed by atoms with Gasteiger partial charge in [-0.25, -0.2) is 9.59 Å². The second-order valence-corrected chi connectivity index (χ2v) is 25.4. The van der Waals surface area contributed by atoms with Crippen molar-refractivity contribution in [2.24, 2.45) is 50.2 Å². The van der Waals surface area contributed by atoms with E-state index in [-0.39, 0.29) is 17.3 Å². The van der Waals surface area contributed by atoms with E-state index >= 15 is 0 Å². The molecule has 0 aromatic heterocycles. The van der Waals surface area contributed by atoms with E-state index in [0.717, 1.165) is 11.1 Å². The van der Waals surface area contributed by atoms with Gasteiger partial charge in [-0.05, 0) is 105 Å². The molecule has 3 aliphatic heterocycles. The summed E-state index contributed by atoms with van der Waals surface area (Å²) in [6.45, 7) is 18.4. The Hall–Kier alpha value is -2.26. The number of aliphatic carboxylic acids is 1. The predicted molar refractivity (Wildman–Crippen MR) is 257 cm³/mol. The highest BCUT2D eigenvalue weighted by molar-refractivity contribution is 5.82. The first-order valence-corrected chi connectivity index (χ1v) is 26.4. The molecule has 0 bridgehead atoms. The molecular formula is C53H84O21. The van der Waals surface area contributed by atoms with Crippen LogP contribution >= 0.6 is 0 Å². The first-order valence-electron chi connectivity index (χ1n) is 26.4. The molecule has 422 valence electrons. The second-order valence-electron chi connectivity index (χ2n) is 25.4. The minimum Gasteiger partial charge on any atom is -0.479 e. The van der Waals surface area contributed by atoms with Gasteiger partial charge in [0.2, 0.25) is 0 Å². The van der Waals surface area contributed by atoms with Crippen molar-refractivity contribution in [1.29, 1.82) is 0 Å². The van der Waals surface area contributed by atoms with Crippen LogP contribution in [-0.2, 0) is 42.7 Å². The Bertz CT molecular complexity index is 2130. The van der Waals surface area contributed by atoms with E-state index in [1.54, 1.807) is 13.8 Å². The van der Waals surface area contributed by atoms with Gasteiger partial charge in [0.05, 0.1) is 43.0 Å². The van der Waals surface area contributed by atoms with Gasteiger partial charge in [-0.3, -0.25) is 0 Å². The molecule has 3 heterocycles. The van der Waals surface area contributed by atoms with Crippen molar-refractivity contribution in [2.45, 2.75) is 231 Å². The lowest BCUT2D eigenvalue weighted by molar-refractivity contribution is -0.390. The zero-order valence-electron chi connectivity index (χ0n) is 44.3. The van der Waals surface area contributed by atoms with E-state index in [0.29, 0.717) is 44.9 Å². The van der Waals surface area contributed by atoms with Crippen LogP contribution in [0, 0.1) is 50.2 Å². The predicted octanol–water partition coefficient (Wildman–Crippen LogP) is 0.163. The van der Waals surface area contributed by atoms with E-state index in [9.17, 15) is 70.9 Å². The Balaban J connectivity index is 1.10. The van der Waals surface area contributed by atoms with E-state index in [1.807, 2.05) is 20.8 Å². The minimum absolute atomic E-state index is 0.0573. The zero-order chi connectivity index (χ0) is 54.7. The van der Waals surface area contributed by atoms with Crippen LogP contribution in [0.5, 0.6) is 0 Å². The van der Waals surface area contributed by atoms with Gasteiger partial charge in [-0.1, -0.05) is 65.7 Å². The average molecular weight is 1060 g/mol. The summed E-state index contributed by atoms with van der Waals surface area (Å²) in [5, 5.41) is 134. The number of carbonyl (C=O) groups excluding carboxylic acids is 1. The summed E-state index contributed by atoms with van der Waals surface area (Å²) < 4.78 is 42.4. The third-order valence-electron chi connectivity index (χ3n) is 20.1. The molecule has 12 N–H and O–H groups in total. The number of esters is 1. The normalized spacial score (nSPS) is 51.7. The van der Waals surface area contributed by atoms with Crippen molar-refractivity contribution in [2.75, 3.05) is 13.2 Å². The largest absolute Gasteiger partial charge is 0.479 e. The Kier molecular flexibility index (Phi) is 16.0. The number of fused-ring (bicyclic) bond motifs is 7. The molecule has 5 aliphatic carbocycles. The van der Waals surface area contributed by atoms with Gasteiger partial charge >= 0.3 is 11.9 Å². The van der Waals surface area contributed by atoms with Gasteiger partial charge in [-0.2, -0.15) is 0 Å². The molecule has 3 saturated heterocycles.